The molecule has 3 heterocycles. The van der Waals surface area contributed by atoms with Crippen LogP contribution < -0.4 is 5.56 Å². The molecule has 3 aromatic heterocycles. The predicted molar refractivity (Wildman–Crippen MR) is 97.7 cm³/mol. The van der Waals surface area contributed by atoms with Crippen LogP contribution in [0.3, 0.4) is 0 Å². The molecule has 0 bridgehead atoms. The third-order valence-electron chi connectivity index (χ3n) is 3.82. The number of pyridine rings is 1. The highest BCUT2D eigenvalue weighted by Crippen LogP contribution is 2.20. The van der Waals surface area contributed by atoms with Crippen LogP contribution in [0.5, 0.6) is 0 Å². The van der Waals surface area contributed by atoms with Crippen LogP contribution in [0.1, 0.15) is 5.69 Å². The van der Waals surface area contributed by atoms with Crippen molar-refractivity contribution in [1.29, 1.82) is 0 Å². The Morgan fingerprint density at radius 1 is 1.17 bits per heavy atom. The quantitative estimate of drug-likeness (QED) is 0.442. The topological polar surface area (TPSA) is 65.1 Å². The molecule has 0 spiro atoms. The lowest BCUT2D eigenvalue weighted by Gasteiger charge is -2.10. The fourth-order valence-corrected chi connectivity index (χ4v) is 3.32. The van der Waals surface area contributed by atoms with Crippen molar-refractivity contribution in [2.75, 3.05) is 6.26 Å². The number of thioether (sulfide) groups is 1. The molecule has 4 aromatic rings. The first-order valence-corrected chi connectivity index (χ1v) is 8.88. The summed E-state index contributed by atoms with van der Waals surface area (Å²) in [5.41, 5.74) is 1.91. The molecule has 0 fully saturated rings. The summed E-state index contributed by atoms with van der Waals surface area (Å²) in [5, 5.41) is 5.56. The number of thiol groups is 1. The van der Waals surface area contributed by atoms with Crippen LogP contribution in [0.15, 0.2) is 51.4 Å². The van der Waals surface area contributed by atoms with E-state index < -0.39 is 0 Å². The second kappa shape index (κ2) is 5.64. The van der Waals surface area contributed by atoms with Crippen LogP contribution in [-0.2, 0) is 0 Å². The zero-order chi connectivity index (χ0) is 16.8. The SMILES string of the molecule is CSc1nc2nc(C)c3c(=O)n(-c4ccccc4S)ccc3n2n1. The third kappa shape index (κ3) is 2.22. The molecule has 0 atom stereocenters. The van der Waals surface area contributed by atoms with Gasteiger partial charge in [0.25, 0.3) is 11.3 Å². The van der Waals surface area contributed by atoms with Crippen molar-refractivity contribution in [3.63, 3.8) is 0 Å². The first-order chi connectivity index (χ1) is 11.6. The lowest BCUT2D eigenvalue weighted by molar-refractivity contribution is 0.899. The maximum absolute atomic E-state index is 13.0. The Labute approximate surface area is 147 Å². The maximum atomic E-state index is 13.0. The minimum absolute atomic E-state index is 0.151. The maximum Gasteiger partial charge on any atom is 0.266 e. The van der Waals surface area contributed by atoms with E-state index in [2.05, 4.69) is 27.7 Å². The van der Waals surface area contributed by atoms with Gasteiger partial charge >= 0.3 is 0 Å². The van der Waals surface area contributed by atoms with E-state index in [1.807, 2.05) is 43.5 Å². The number of fused-ring (bicyclic) bond motifs is 3. The van der Waals surface area contributed by atoms with Gasteiger partial charge in [-0.15, -0.1) is 17.7 Å². The number of nitrogens with zero attached hydrogens (tertiary/aromatic N) is 5. The summed E-state index contributed by atoms with van der Waals surface area (Å²) in [7, 11) is 0. The summed E-state index contributed by atoms with van der Waals surface area (Å²) < 4.78 is 3.20. The van der Waals surface area contributed by atoms with Gasteiger partial charge in [0.1, 0.15) is 0 Å². The second-order valence-corrected chi connectivity index (χ2v) is 6.50. The van der Waals surface area contributed by atoms with Gasteiger partial charge in [-0.3, -0.25) is 9.36 Å². The highest BCUT2D eigenvalue weighted by molar-refractivity contribution is 7.98. The largest absolute Gasteiger partial charge is 0.282 e. The van der Waals surface area contributed by atoms with Crippen molar-refractivity contribution in [2.24, 2.45) is 0 Å². The molecule has 0 unspecified atom stereocenters. The smallest absolute Gasteiger partial charge is 0.266 e. The molecule has 24 heavy (non-hydrogen) atoms. The van der Waals surface area contributed by atoms with Crippen molar-refractivity contribution < 1.29 is 0 Å². The van der Waals surface area contributed by atoms with E-state index in [0.29, 0.717) is 27.5 Å². The molecule has 0 aliphatic carbocycles. The van der Waals surface area contributed by atoms with Crippen molar-refractivity contribution in [2.45, 2.75) is 17.0 Å². The average molecular weight is 355 g/mol. The lowest BCUT2D eigenvalue weighted by atomic mass is 10.2. The molecule has 6 nitrogen and oxygen atoms in total. The Morgan fingerprint density at radius 3 is 2.71 bits per heavy atom. The summed E-state index contributed by atoms with van der Waals surface area (Å²) in [6.45, 7) is 1.81. The van der Waals surface area contributed by atoms with Gasteiger partial charge in [-0.05, 0) is 31.4 Å². The third-order valence-corrected chi connectivity index (χ3v) is 4.74. The molecule has 8 heteroatoms. The zero-order valence-electron chi connectivity index (χ0n) is 13.0. The number of hydrogen-bond acceptors (Lipinski definition) is 6. The van der Waals surface area contributed by atoms with E-state index in [4.69, 9.17) is 0 Å². The monoisotopic (exact) mass is 355 g/mol. The first-order valence-electron chi connectivity index (χ1n) is 7.21. The zero-order valence-corrected chi connectivity index (χ0v) is 14.7. The number of hydrogen-bond donors (Lipinski definition) is 1. The number of para-hydroxylation sites is 1. The van der Waals surface area contributed by atoms with Gasteiger partial charge in [-0.1, -0.05) is 23.9 Å². The van der Waals surface area contributed by atoms with E-state index >= 15 is 0 Å². The van der Waals surface area contributed by atoms with Crippen LogP contribution in [-0.4, -0.2) is 30.4 Å². The van der Waals surface area contributed by atoms with Crippen molar-refractivity contribution >= 4 is 41.1 Å². The van der Waals surface area contributed by atoms with Crippen LogP contribution in [0, 0.1) is 6.92 Å². The Morgan fingerprint density at radius 2 is 1.96 bits per heavy atom. The van der Waals surface area contributed by atoms with E-state index in [-0.39, 0.29) is 5.56 Å². The summed E-state index contributed by atoms with van der Waals surface area (Å²) in [5.74, 6) is 0.496. The molecule has 0 amide bonds. The normalized spacial score (nSPS) is 11.5. The Kier molecular flexibility index (Phi) is 3.58. The molecule has 0 saturated heterocycles. The molecule has 4 rings (SSSR count). The van der Waals surface area contributed by atoms with Gasteiger partial charge in [-0.25, -0.2) is 4.98 Å². The molecular formula is C16H13N5OS2. The minimum Gasteiger partial charge on any atom is -0.282 e. The fraction of sp³-hybridized carbons (Fsp3) is 0.125. The standard InChI is InChI=1S/C16H13N5OS2/c1-9-13-11(21-15(17-9)18-16(19-21)24-2)7-8-20(14(13)22)10-5-3-4-6-12(10)23/h3-8,23H,1-2H3. The van der Waals surface area contributed by atoms with Crippen LogP contribution in [0.4, 0.5) is 0 Å². The van der Waals surface area contributed by atoms with Crippen LogP contribution in [0.25, 0.3) is 22.4 Å². The number of aromatic nitrogens is 5. The van der Waals surface area contributed by atoms with E-state index in [9.17, 15) is 4.79 Å². The highest BCUT2D eigenvalue weighted by Gasteiger charge is 2.15. The van der Waals surface area contributed by atoms with Gasteiger partial charge in [0.05, 0.1) is 22.3 Å². The van der Waals surface area contributed by atoms with Crippen molar-refractivity contribution in [3.8, 4) is 5.69 Å². The van der Waals surface area contributed by atoms with Crippen LogP contribution in [0.2, 0.25) is 0 Å². The molecule has 120 valence electrons. The fourth-order valence-electron chi connectivity index (χ4n) is 2.71. The minimum atomic E-state index is -0.151. The van der Waals surface area contributed by atoms with Gasteiger partial charge < -0.3 is 0 Å². The number of rotatable bonds is 2. The van der Waals surface area contributed by atoms with E-state index in [0.717, 1.165) is 10.6 Å². The van der Waals surface area contributed by atoms with Gasteiger partial charge in [-0.2, -0.15) is 9.50 Å². The molecule has 0 aliphatic heterocycles. The summed E-state index contributed by atoms with van der Waals surface area (Å²) in [6, 6.07) is 9.33. The molecule has 0 N–H and O–H groups in total. The van der Waals surface area contributed by atoms with E-state index in [1.54, 1.807) is 15.3 Å². The second-order valence-electron chi connectivity index (χ2n) is 5.25. The van der Waals surface area contributed by atoms with Gasteiger partial charge in [0.15, 0.2) is 0 Å². The molecular weight excluding hydrogens is 342 g/mol. The summed E-state index contributed by atoms with van der Waals surface area (Å²) in [4.78, 5) is 22.6. The molecule has 0 aliphatic rings. The lowest BCUT2D eigenvalue weighted by Crippen LogP contribution is -2.20. The Balaban J connectivity index is 2.10. The number of benzene rings is 1. The molecule has 1 aromatic carbocycles. The number of aryl methyl sites for hydroxylation is 1. The Hall–Kier alpha value is -2.32. The molecule has 0 saturated carbocycles. The average Bonchev–Trinajstić information content (AvgIpc) is 2.99. The predicted octanol–water partition coefficient (Wildman–Crippen LogP) is 2.75. The van der Waals surface area contributed by atoms with Crippen LogP contribution >= 0.6 is 24.4 Å². The highest BCUT2D eigenvalue weighted by atomic mass is 32.2. The Bertz CT molecular complexity index is 1150. The first kappa shape index (κ1) is 15.2. The summed E-state index contributed by atoms with van der Waals surface area (Å²) >= 11 is 5.88. The van der Waals surface area contributed by atoms with Crippen molar-refractivity contribution in [1.82, 2.24) is 24.1 Å². The van der Waals surface area contributed by atoms with Crippen molar-refractivity contribution in [3.05, 3.63) is 52.6 Å². The van der Waals surface area contributed by atoms with E-state index in [1.165, 1.54) is 11.8 Å². The van der Waals surface area contributed by atoms with Gasteiger partial charge in [0.2, 0.25) is 5.16 Å². The summed E-state index contributed by atoms with van der Waals surface area (Å²) in [6.07, 6.45) is 3.64. The molecule has 0 radical (unpaired) electrons. The van der Waals surface area contributed by atoms with Gasteiger partial charge in [0, 0.05) is 11.1 Å².